The van der Waals surface area contributed by atoms with Gasteiger partial charge in [-0.25, -0.2) is 12.8 Å². The van der Waals surface area contributed by atoms with Crippen molar-refractivity contribution in [1.29, 1.82) is 0 Å². The summed E-state index contributed by atoms with van der Waals surface area (Å²) >= 11 is 0. The average Bonchev–Trinajstić information content (AvgIpc) is 3.08. The van der Waals surface area contributed by atoms with Crippen LogP contribution < -0.4 is 9.64 Å². The van der Waals surface area contributed by atoms with Crippen LogP contribution in [0, 0.1) is 5.82 Å². The van der Waals surface area contributed by atoms with Crippen molar-refractivity contribution in [2.24, 2.45) is 0 Å². The van der Waals surface area contributed by atoms with Gasteiger partial charge in [0, 0.05) is 40.9 Å². The summed E-state index contributed by atoms with van der Waals surface area (Å²) in [4.78, 5) is 18.7. The molecule has 4 rings (SSSR count). The molecule has 1 aromatic heterocycles. The standard InChI is InChI=1S/C22H16F4N2O4S/c1-33(30,31)15-5-3-14(4-6-15)28-11-18-16(21(28)29)8-9-27-20(18)17-7-2-13(23)10-19(17)32-12-22(24,25)26/h2-10H,11-12H2,1H3. The van der Waals surface area contributed by atoms with Crippen LogP contribution in [-0.2, 0) is 16.4 Å². The molecular formula is C22H16F4N2O4S. The lowest BCUT2D eigenvalue weighted by Gasteiger charge is -2.17. The largest absolute Gasteiger partial charge is 0.483 e. The van der Waals surface area contributed by atoms with E-state index in [-0.39, 0.29) is 39.9 Å². The van der Waals surface area contributed by atoms with Gasteiger partial charge in [0.25, 0.3) is 5.91 Å². The number of benzene rings is 2. The number of aromatic nitrogens is 1. The van der Waals surface area contributed by atoms with E-state index in [4.69, 9.17) is 4.74 Å². The van der Waals surface area contributed by atoms with Crippen molar-refractivity contribution in [1.82, 2.24) is 4.98 Å². The van der Waals surface area contributed by atoms with E-state index < -0.39 is 28.4 Å². The Morgan fingerprint density at radius 2 is 1.76 bits per heavy atom. The smallest absolute Gasteiger partial charge is 0.422 e. The maximum Gasteiger partial charge on any atom is 0.422 e. The van der Waals surface area contributed by atoms with Crippen molar-refractivity contribution in [3.63, 3.8) is 0 Å². The van der Waals surface area contributed by atoms with Gasteiger partial charge >= 0.3 is 6.18 Å². The van der Waals surface area contributed by atoms with Crippen LogP contribution >= 0.6 is 0 Å². The molecule has 0 N–H and O–H groups in total. The molecule has 172 valence electrons. The topological polar surface area (TPSA) is 76.6 Å². The predicted molar refractivity (Wildman–Crippen MR) is 111 cm³/mol. The summed E-state index contributed by atoms with van der Waals surface area (Å²) in [7, 11) is -3.42. The molecule has 1 amide bonds. The molecule has 6 nitrogen and oxygen atoms in total. The second-order valence-corrected chi connectivity index (χ2v) is 9.40. The number of carbonyl (C=O) groups excluding carboxylic acids is 1. The predicted octanol–water partition coefficient (Wildman–Crippen LogP) is 4.39. The molecule has 2 heterocycles. The number of hydrogen-bond donors (Lipinski definition) is 0. The average molecular weight is 480 g/mol. The van der Waals surface area contributed by atoms with Crippen LogP contribution in [0.4, 0.5) is 23.2 Å². The minimum absolute atomic E-state index is 0.0334. The number of amides is 1. The van der Waals surface area contributed by atoms with Crippen LogP contribution in [0.2, 0.25) is 0 Å². The van der Waals surface area contributed by atoms with Crippen molar-refractivity contribution >= 4 is 21.4 Å². The van der Waals surface area contributed by atoms with Crippen LogP contribution in [0.1, 0.15) is 15.9 Å². The van der Waals surface area contributed by atoms with Crippen LogP contribution in [0.25, 0.3) is 11.3 Å². The second-order valence-electron chi connectivity index (χ2n) is 7.39. The van der Waals surface area contributed by atoms with E-state index >= 15 is 0 Å². The van der Waals surface area contributed by atoms with E-state index in [9.17, 15) is 30.8 Å². The van der Waals surface area contributed by atoms with Gasteiger partial charge < -0.3 is 9.64 Å². The van der Waals surface area contributed by atoms with Gasteiger partial charge in [0.05, 0.1) is 17.1 Å². The Bertz CT molecular complexity index is 1340. The van der Waals surface area contributed by atoms with Gasteiger partial charge in [-0.2, -0.15) is 13.2 Å². The van der Waals surface area contributed by atoms with Crippen molar-refractivity contribution in [3.05, 3.63) is 71.7 Å². The number of ether oxygens (including phenoxy) is 1. The highest BCUT2D eigenvalue weighted by Crippen LogP contribution is 2.38. The van der Waals surface area contributed by atoms with Gasteiger partial charge in [-0.15, -0.1) is 0 Å². The first kappa shape index (κ1) is 22.7. The maximum absolute atomic E-state index is 13.7. The highest BCUT2D eigenvalue weighted by atomic mass is 32.2. The molecule has 3 aromatic rings. The fourth-order valence-corrected chi connectivity index (χ4v) is 4.14. The molecule has 0 fully saturated rings. The summed E-state index contributed by atoms with van der Waals surface area (Å²) in [5.41, 5.74) is 1.44. The van der Waals surface area contributed by atoms with E-state index in [1.54, 1.807) is 0 Å². The van der Waals surface area contributed by atoms with Gasteiger partial charge in [0.1, 0.15) is 11.6 Å². The molecule has 2 aromatic carbocycles. The third-order valence-electron chi connectivity index (χ3n) is 5.01. The Morgan fingerprint density at radius 3 is 2.39 bits per heavy atom. The van der Waals surface area contributed by atoms with Crippen molar-refractivity contribution in [2.75, 3.05) is 17.8 Å². The summed E-state index contributed by atoms with van der Waals surface area (Å²) in [5, 5.41) is 0. The molecule has 0 unspecified atom stereocenters. The summed E-state index contributed by atoms with van der Waals surface area (Å²) < 4.78 is 79.9. The van der Waals surface area contributed by atoms with E-state index in [0.29, 0.717) is 11.3 Å². The number of alkyl halides is 3. The fraction of sp³-hybridized carbons (Fsp3) is 0.182. The number of anilines is 1. The second kappa shape index (κ2) is 8.14. The zero-order valence-corrected chi connectivity index (χ0v) is 17.9. The molecule has 1 aliphatic rings. The fourth-order valence-electron chi connectivity index (χ4n) is 3.51. The van der Waals surface area contributed by atoms with E-state index in [2.05, 4.69) is 4.98 Å². The molecular weight excluding hydrogens is 464 g/mol. The Balaban J connectivity index is 1.72. The zero-order chi connectivity index (χ0) is 24.0. The normalized spacial score (nSPS) is 13.8. The van der Waals surface area contributed by atoms with Crippen molar-refractivity contribution < 1.29 is 35.5 Å². The zero-order valence-electron chi connectivity index (χ0n) is 17.1. The number of sulfone groups is 1. The van der Waals surface area contributed by atoms with Gasteiger partial charge in [0.15, 0.2) is 16.4 Å². The molecule has 0 aliphatic carbocycles. The first-order valence-electron chi connectivity index (χ1n) is 9.53. The molecule has 0 spiro atoms. The quantitative estimate of drug-likeness (QED) is 0.507. The van der Waals surface area contributed by atoms with Gasteiger partial charge in [-0.1, -0.05) is 0 Å². The lowest BCUT2D eigenvalue weighted by molar-refractivity contribution is -0.153. The molecule has 11 heteroatoms. The number of carbonyl (C=O) groups is 1. The third kappa shape index (κ3) is 4.68. The van der Waals surface area contributed by atoms with Crippen molar-refractivity contribution in [3.8, 4) is 17.0 Å². The molecule has 0 saturated heterocycles. The van der Waals surface area contributed by atoms with E-state index in [1.807, 2.05) is 0 Å². The minimum Gasteiger partial charge on any atom is -0.483 e. The molecule has 1 aliphatic heterocycles. The highest BCUT2D eigenvalue weighted by molar-refractivity contribution is 7.90. The Labute approximate surface area is 186 Å². The number of pyridine rings is 1. The number of halogens is 4. The summed E-state index contributed by atoms with van der Waals surface area (Å²) in [6, 6.07) is 10.4. The molecule has 0 atom stereocenters. The maximum atomic E-state index is 13.7. The summed E-state index contributed by atoms with van der Waals surface area (Å²) in [5.74, 6) is -1.52. The monoisotopic (exact) mass is 480 g/mol. The number of rotatable bonds is 5. The van der Waals surface area contributed by atoms with Crippen LogP contribution in [0.3, 0.4) is 0 Å². The van der Waals surface area contributed by atoms with Gasteiger partial charge in [-0.05, 0) is 42.5 Å². The Morgan fingerprint density at radius 1 is 1.06 bits per heavy atom. The summed E-state index contributed by atoms with van der Waals surface area (Å²) in [6.07, 6.45) is -2.22. The lowest BCUT2D eigenvalue weighted by Crippen LogP contribution is -2.22. The SMILES string of the molecule is CS(=O)(=O)c1ccc(N2Cc3c(ccnc3-c3ccc(F)cc3OCC(F)(F)F)C2=O)cc1. The van der Waals surface area contributed by atoms with Crippen LogP contribution in [-0.4, -0.2) is 38.3 Å². The molecule has 0 bridgehead atoms. The first-order valence-corrected chi connectivity index (χ1v) is 11.4. The number of fused-ring (bicyclic) bond motifs is 1. The molecule has 0 saturated carbocycles. The van der Waals surface area contributed by atoms with E-state index in [0.717, 1.165) is 18.4 Å². The van der Waals surface area contributed by atoms with E-state index in [1.165, 1.54) is 47.5 Å². The van der Waals surface area contributed by atoms with Crippen LogP contribution in [0.15, 0.2) is 59.6 Å². The van der Waals surface area contributed by atoms with Crippen LogP contribution in [0.5, 0.6) is 5.75 Å². The van der Waals surface area contributed by atoms with Gasteiger partial charge in [0.2, 0.25) is 0 Å². The number of hydrogen-bond acceptors (Lipinski definition) is 5. The first-order chi connectivity index (χ1) is 15.4. The van der Waals surface area contributed by atoms with Gasteiger partial charge in [-0.3, -0.25) is 9.78 Å². The Hall–Kier alpha value is -3.47. The summed E-state index contributed by atoms with van der Waals surface area (Å²) in [6.45, 7) is -1.58. The molecule has 33 heavy (non-hydrogen) atoms. The highest BCUT2D eigenvalue weighted by Gasteiger charge is 2.33. The lowest BCUT2D eigenvalue weighted by atomic mass is 10.0. The minimum atomic E-state index is -4.62. The molecule has 0 radical (unpaired) electrons. The number of nitrogens with zero attached hydrogens (tertiary/aromatic N) is 2. The van der Waals surface area contributed by atoms with Crippen molar-refractivity contribution in [2.45, 2.75) is 17.6 Å². The Kier molecular flexibility index (Phi) is 5.61. The third-order valence-corrected chi connectivity index (χ3v) is 6.14.